The van der Waals surface area contributed by atoms with E-state index in [2.05, 4.69) is 14.7 Å². The average Bonchev–Trinajstić information content (AvgIpc) is 2.67. The molecule has 0 atom stereocenters. The van der Waals surface area contributed by atoms with Gasteiger partial charge in [0.1, 0.15) is 0 Å². The minimum absolute atomic E-state index is 0.0155. The number of nitrogens with zero attached hydrogens (tertiary/aromatic N) is 2. The molecule has 2 rings (SSSR count). The molecule has 80 valence electrons. The molecule has 0 unspecified atom stereocenters. The first-order valence-corrected chi connectivity index (χ1v) is 4.35. The zero-order chi connectivity index (χ0) is 10.9. The molecule has 0 N–H and O–H groups in total. The molecule has 1 aliphatic rings. The van der Waals surface area contributed by atoms with Crippen LogP contribution >= 0.6 is 0 Å². The van der Waals surface area contributed by atoms with Crippen molar-refractivity contribution in [1.82, 2.24) is 10.1 Å². The Balaban J connectivity index is 2.28. The van der Waals surface area contributed by atoms with Crippen LogP contribution in [0.3, 0.4) is 0 Å². The number of rotatable bonds is 1. The van der Waals surface area contributed by atoms with Gasteiger partial charge in [0.25, 0.3) is 0 Å². The standard InChI is InChI=1S/C9H7F3N2O/c10-9(11,12)8-13-7(14-15-8)6-4-2-1-3-5-6/h2,4-5H,1,3H2. The molecule has 1 heterocycles. The molecule has 0 aromatic carbocycles. The summed E-state index contributed by atoms with van der Waals surface area (Å²) in [5.74, 6) is -1.32. The van der Waals surface area contributed by atoms with Crippen LogP contribution in [0, 0.1) is 0 Å². The molecule has 0 amide bonds. The quantitative estimate of drug-likeness (QED) is 0.724. The van der Waals surface area contributed by atoms with Gasteiger partial charge >= 0.3 is 12.1 Å². The Bertz CT molecular complexity index is 417. The first-order valence-electron chi connectivity index (χ1n) is 4.35. The molecule has 6 heteroatoms. The maximum absolute atomic E-state index is 12.1. The van der Waals surface area contributed by atoms with E-state index in [0.717, 1.165) is 12.8 Å². The summed E-state index contributed by atoms with van der Waals surface area (Å²) in [7, 11) is 0. The Morgan fingerprint density at radius 1 is 1.27 bits per heavy atom. The van der Waals surface area contributed by atoms with Crippen LogP contribution in [-0.4, -0.2) is 10.1 Å². The van der Waals surface area contributed by atoms with Gasteiger partial charge in [0, 0.05) is 5.57 Å². The van der Waals surface area contributed by atoms with Crippen LogP contribution in [0.4, 0.5) is 13.2 Å². The fourth-order valence-electron chi connectivity index (χ4n) is 1.24. The highest BCUT2D eigenvalue weighted by molar-refractivity contribution is 5.69. The number of aromatic nitrogens is 2. The van der Waals surface area contributed by atoms with E-state index in [1.54, 1.807) is 12.2 Å². The molecule has 1 aromatic heterocycles. The number of hydrogen-bond donors (Lipinski definition) is 0. The molecule has 15 heavy (non-hydrogen) atoms. The lowest BCUT2D eigenvalue weighted by molar-refractivity contribution is -0.159. The molecule has 0 saturated heterocycles. The minimum atomic E-state index is -4.58. The number of allylic oxidation sites excluding steroid dienone is 4. The van der Waals surface area contributed by atoms with Crippen LogP contribution in [0.15, 0.2) is 22.8 Å². The first-order chi connectivity index (χ1) is 7.07. The summed E-state index contributed by atoms with van der Waals surface area (Å²) in [5, 5.41) is 3.28. The van der Waals surface area contributed by atoms with Crippen LogP contribution in [0.5, 0.6) is 0 Å². The Morgan fingerprint density at radius 2 is 2.07 bits per heavy atom. The van der Waals surface area contributed by atoms with Crippen LogP contribution in [0.2, 0.25) is 0 Å². The van der Waals surface area contributed by atoms with Gasteiger partial charge in [-0.05, 0) is 12.8 Å². The Hall–Kier alpha value is -1.59. The third kappa shape index (κ3) is 2.08. The SMILES string of the molecule is FC(F)(F)c1nc(C2=CCCC=C2)no1. The normalized spacial score (nSPS) is 16.6. The van der Waals surface area contributed by atoms with Crippen LogP contribution in [-0.2, 0) is 6.18 Å². The summed E-state index contributed by atoms with van der Waals surface area (Å²) in [6.45, 7) is 0. The summed E-state index contributed by atoms with van der Waals surface area (Å²) >= 11 is 0. The largest absolute Gasteiger partial charge is 0.471 e. The van der Waals surface area contributed by atoms with Gasteiger partial charge < -0.3 is 4.52 Å². The fourth-order valence-corrected chi connectivity index (χ4v) is 1.24. The van der Waals surface area contributed by atoms with Gasteiger partial charge in [0.05, 0.1) is 0 Å². The molecular formula is C9H7F3N2O. The van der Waals surface area contributed by atoms with E-state index in [0.29, 0.717) is 5.57 Å². The zero-order valence-corrected chi connectivity index (χ0v) is 7.58. The molecular weight excluding hydrogens is 209 g/mol. The fraction of sp³-hybridized carbons (Fsp3) is 0.333. The van der Waals surface area contributed by atoms with Crippen molar-refractivity contribution in [2.45, 2.75) is 19.0 Å². The van der Waals surface area contributed by atoms with Crippen molar-refractivity contribution in [2.75, 3.05) is 0 Å². The lowest BCUT2D eigenvalue weighted by atomic mass is 10.1. The van der Waals surface area contributed by atoms with E-state index in [1.807, 2.05) is 6.08 Å². The van der Waals surface area contributed by atoms with Crippen LogP contribution in [0.1, 0.15) is 24.6 Å². The van der Waals surface area contributed by atoms with E-state index in [9.17, 15) is 13.2 Å². The van der Waals surface area contributed by atoms with Gasteiger partial charge in [-0.1, -0.05) is 23.4 Å². The lowest BCUT2D eigenvalue weighted by Gasteiger charge is -2.00. The third-order valence-corrected chi connectivity index (χ3v) is 1.92. The zero-order valence-electron chi connectivity index (χ0n) is 7.58. The Labute approximate surface area is 83.3 Å². The third-order valence-electron chi connectivity index (χ3n) is 1.92. The molecule has 0 saturated carbocycles. The van der Waals surface area contributed by atoms with Gasteiger partial charge in [0.15, 0.2) is 0 Å². The minimum Gasteiger partial charge on any atom is -0.329 e. The second-order valence-corrected chi connectivity index (χ2v) is 3.06. The van der Waals surface area contributed by atoms with Gasteiger partial charge in [-0.15, -0.1) is 0 Å². The number of alkyl halides is 3. The maximum Gasteiger partial charge on any atom is 0.471 e. The second-order valence-electron chi connectivity index (χ2n) is 3.06. The van der Waals surface area contributed by atoms with Gasteiger partial charge in [-0.3, -0.25) is 0 Å². The summed E-state index contributed by atoms with van der Waals surface area (Å²) < 4.78 is 40.5. The van der Waals surface area contributed by atoms with Gasteiger partial charge in [0.2, 0.25) is 5.82 Å². The van der Waals surface area contributed by atoms with Crippen molar-refractivity contribution in [1.29, 1.82) is 0 Å². The summed E-state index contributed by atoms with van der Waals surface area (Å²) in [4.78, 5) is 3.28. The van der Waals surface area contributed by atoms with Crippen molar-refractivity contribution in [3.05, 3.63) is 29.9 Å². The molecule has 1 aliphatic carbocycles. The van der Waals surface area contributed by atoms with Crippen molar-refractivity contribution < 1.29 is 17.7 Å². The highest BCUT2D eigenvalue weighted by atomic mass is 19.4. The highest BCUT2D eigenvalue weighted by Crippen LogP contribution is 2.29. The van der Waals surface area contributed by atoms with Crippen molar-refractivity contribution in [3.8, 4) is 0 Å². The van der Waals surface area contributed by atoms with Crippen molar-refractivity contribution in [2.24, 2.45) is 0 Å². The Kier molecular flexibility index (Phi) is 2.34. The predicted molar refractivity (Wildman–Crippen MR) is 45.7 cm³/mol. The monoisotopic (exact) mass is 216 g/mol. The Morgan fingerprint density at radius 3 is 2.60 bits per heavy atom. The molecule has 3 nitrogen and oxygen atoms in total. The van der Waals surface area contributed by atoms with E-state index < -0.39 is 12.1 Å². The number of hydrogen-bond acceptors (Lipinski definition) is 3. The highest BCUT2D eigenvalue weighted by Gasteiger charge is 2.38. The average molecular weight is 216 g/mol. The van der Waals surface area contributed by atoms with E-state index >= 15 is 0 Å². The van der Waals surface area contributed by atoms with Gasteiger partial charge in [-0.25, -0.2) is 0 Å². The molecule has 1 aromatic rings. The van der Waals surface area contributed by atoms with Gasteiger partial charge in [-0.2, -0.15) is 18.2 Å². The summed E-state index contributed by atoms with van der Waals surface area (Å²) in [6, 6.07) is 0. The summed E-state index contributed by atoms with van der Waals surface area (Å²) in [6.07, 6.45) is 2.41. The van der Waals surface area contributed by atoms with Crippen LogP contribution < -0.4 is 0 Å². The smallest absolute Gasteiger partial charge is 0.329 e. The van der Waals surface area contributed by atoms with Crippen molar-refractivity contribution >= 4 is 5.57 Å². The predicted octanol–water partition coefficient (Wildman–Crippen LogP) is 2.82. The lowest BCUT2D eigenvalue weighted by Crippen LogP contribution is -2.05. The molecule has 0 radical (unpaired) electrons. The van der Waals surface area contributed by atoms with E-state index in [1.165, 1.54) is 0 Å². The molecule has 0 fully saturated rings. The van der Waals surface area contributed by atoms with E-state index in [-0.39, 0.29) is 5.82 Å². The molecule has 0 aliphatic heterocycles. The van der Waals surface area contributed by atoms with Crippen LogP contribution in [0.25, 0.3) is 5.57 Å². The number of halogens is 3. The van der Waals surface area contributed by atoms with E-state index in [4.69, 9.17) is 0 Å². The second kappa shape index (κ2) is 3.52. The maximum atomic E-state index is 12.1. The topological polar surface area (TPSA) is 38.9 Å². The van der Waals surface area contributed by atoms with Crippen molar-refractivity contribution in [3.63, 3.8) is 0 Å². The first kappa shape index (κ1) is 9.95. The molecule has 0 bridgehead atoms. The molecule has 0 spiro atoms. The summed E-state index contributed by atoms with van der Waals surface area (Å²) in [5.41, 5.74) is 0.570.